The van der Waals surface area contributed by atoms with Crippen LogP contribution in [-0.2, 0) is 15.8 Å². The Morgan fingerprint density at radius 3 is 2.64 bits per heavy atom. The highest BCUT2D eigenvalue weighted by Gasteiger charge is 2.40. The Kier molecular flexibility index (Phi) is 12.2. The zero-order valence-electron chi connectivity index (χ0n) is 30.6. The minimum atomic E-state index is -1.53. The number of halogens is 1. The molecule has 1 saturated carbocycles. The second-order valence-corrected chi connectivity index (χ2v) is 17.7. The average Bonchev–Trinajstić information content (AvgIpc) is 3.24. The lowest BCUT2D eigenvalue weighted by atomic mass is 9.66. The molecule has 274 valence electrons. The van der Waals surface area contributed by atoms with Crippen LogP contribution in [0.15, 0.2) is 53.6 Å². The van der Waals surface area contributed by atoms with E-state index in [1.54, 1.807) is 6.07 Å². The number of ether oxygens (including phenoxy) is 1. The van der Waals surface area contributed by atoms with Crippen LogP contribution in [0.4, 0.5) is 5.69 Å². The monoisotopic (exact) mass is 724 g/mol. The van der Waals surface area contributed by atoms with Gasteiger partial charge in [-0.3, -0.25) is 19.2 Å². The summed E-state index contributed by atoms with van der Waals surface area (Å²) in [5.41, 5.74) is 4.20. The quantitative estimate of drug-likeness (QED) is 0.259. The molecule has 8 unspecified atom stereocenters. The number of hydrogen-bond acceptors (Lipinski definition) is 6. The van der Waals surface area contributed by atoms with Crippen molar-refractivity contribution in [3.05, 3.63) is 59.2 Å². The maximum absolute atomic E-state index is 13.5. The highest BCUT2D eigenvalue weighted by atomic mass is 35.5. The Morgan fingerprint density at radius 1 is 1.10 bits per heavy atom. The molecule has 1 saturated heterocycles. The summed E-state index contributed by atoms with van der Waals surface area (Å²) in [5.74, 6) is 2.25. The maximum Gasteiger partial charge on any atom is 0.263 e. The molecule has 3 aliphatic heterocycles. The predicted octanol–water partition coefficient (Wildman–Crippen LogP) is 6.74. The van der Waals surface area contributed by atoms with Gasteiger partial charge in [-0.15, -0.1) is 11.6 Å². The number of piperazine rings is 1. The summed E-state index contributed by atoms with van der Waals surface area (Å²) in [6.07, 6.45) is 15.1. The van der Waals surface area contributed by atoms with Gasteiger partial charge in [0.05, 0.1) is 29.5 Å². The first-order valence-corrected chi connectivity index (χ1v) is 20.6. The van der Waals surface area contributed by atoms with Gasteiger partial charge in [-0.05, 0) is 100 Å². The first-order valence-electron chi connectivity index (χ1n) is 19.0. The molecule has 3 heterocycles. The van der Waals surface area contributed by atoms with E-state index in [0.717, 1.165) is 82.7 Å². The van der Waals surface area contributed by atoms with E-state index in [4.69, 9.17) is 16.3 Å². The number of amides is 2. The highest BCUT2D eigenvalue weighted by Crippen LogP contribution is 2.45. The van der Waals surface area contributed by atoms with E-state index in [1.165, 1.54) is 11.1 Å². The molecule has 6 rings (SSSR count). The molecule has 8 nitrogen and oxygen atoms in total. The molecule has 1 aromatic carbocycles. The molecule has 5 aliphatic rings. The Morgan fingerprint density at radius 2 is 1.92 bits per heavy atom. The Hall–Kier alpha value is -2.62. The molecule has 0 aromatic heterocycles. The van der Waals surface area contributed by atoms with Gasteiger partial charge in [0.1, 0.15) is 16.7 Å². The van der Waals surface area contributed by atoms with E-state index in [-0.39, 0.29) is 40.3 Å². The Bertz CT molecular complexity index is 1530. The number of nitrogens with one attached hydrogen (secondary N) is 1. The van der Waals surface area contributed by atoms with E-state index in [9.17, 15) is 13.8 Å². The van der Waals surface area contributed by atoms with E-state index >= 15 is 0 Å². The van der Waals surface area contributed by atoms with Crippen LogP contribution in [0.25, 0.3) is 0 Å². The molecule has 2 bridgehead atoms. The first-order chi connectivity index (χ1) is 24.0. The topological polar surface area (TPSA) is 82.2 Å². The maximum atomic E-state index is 13.5. The highest BCUT2D eigenvalue weighted by molar-refractivity contribution is 7.84. The summed E-state index contributed by atoms with van der Waals surface area (Å²) in [4.78, 5) is 33.4. The van der Waals surface area contributed by atoms with Gasteiger partial charge >= 0.3 is 0 Å². The van der Waals surface area contributed by atoms with Crippen molar-refractivity contribution in [1.82, 2.24) is 14.5 Å². The SMILES string of the molecule is CCCC1=C(C2COc3ccc4cc3N(C2)CC2CCC2C(CN2CCN(C(C)C)C(=O)C2)/C=C/CC(C)C(C)S(=O)NC4=O)C=CC(Cl)C1. The summed E-state index contributed by atoms with van der Waals surface area (Å²) in [5, 5.41) is -0.190. The van der Waals surface area contributed by atoms with Gasteiger partial charge in [-0.1, -0.05) is 50.1 Å². The standard InChI is InChI=1S/C40H57ClN4O4S/c1-6-8-29-19-34(41)13-15-35(29)33-23-44-22-32-11-14-36(32)31(21-43-17-18-45(26(2)3)39(46)24-43)10-7-9-27(4)28(5)50(48)42-40(47)30-12-16-38(49-25-33)37(44)20-30/h7,10,12-13,15-16,20,26-28,31-34,36H,6,8-9,11,14,17-19,21-25H2,1-5H3,(H,42,47)/b10-7+. The molecule has 1 aromatic rings. The van der Waals surface area contributed by atoms with Crippen LogP contribution in [0.2, 0.25) is 0 Å². The van der Waals surface area contributed by atoms with E-state index in [0.29, 0.717) is 36.5 Å². The van der Waals surface area contributed by atoms with Gasteiger partial charge < -0.3 is 14.5 Å². The third-order valence-electron chi connectivity index (χ3n) is 11.9. The number of allylic oxidation sites excluding steroid dienone is 4. The molecule has 50 heavy (non-hydrogen) atoms. The van der Waals surface area contributed by atoms with E-state index in [2.05, 4.69) is 66.5 Å². The second-order valence-electron chi connectivity index (χ2n) is 15.6. The van der Waals surface area contributed by atoms with Gasteiger partial charge in [0.15, 0.2) is 0 Å². The third kappa shape index (κ3) is 8.36. The number of rotatable bonds is 6. The van der Waals surface area contributed by atoms with Crippen LogP contribution in [0.3, 0.4) is 0 Å². The summed E-state index contributed by atoms with van der Waals surface area (Å²) < 4.78 is 22.8. The minimum Gasteiger partial charge on any atom is -0.491 e. The largest absolute Gasteiger partial charge is 0.491 e. The van der Waals surface area contributed by atoms with Gasteiger partial charge in [-0.25, -0.2) is 4.21 Å². The number of carbonyl (C=O) groups excluding carboxylic acids is 2. The zero-order chi connectivity index (χ0) is 35.5. The molecule has 8 atom stereocenters. The van der Waals surface area contributed by atoms with Crippen molar-refractivity contribution >= 4 is 40.1 Å². The fraction of sp³-hybridized carbons (Fsp3) is 0.650. The van der Waals surface area contributed by atoms with Gasteiger partial charge in [-0.2, -0.15) is 0 Å². The lowest BCUT2D eigenvalue weighted by Gasteiger charge is -2.46. The van der Waals surface area contributed by atoms with Crippen molar-refractivity contribution in [3.8, 4) is 5.75 Å². The predicted molar refractivity (Wildman–Crippen MR) is 204 cm³/mol. The van der Waals surface area contributed by atoms with Gasteiger partial charge in [0.25, 0.3) is 5.91 Å². The molecule has 0 spiro atoms. The van der Waals surface area contributed by atoms with Crippen molar-refractivity contribution in [1.29, 1.82) is 0 Å². The van der Waals surface area contributed by atoms with Crippen LogP contribution >= 0.6 is 11.6 Å². The van der Waals surface area contributed by atoms with Crippen LogP contribution in [-0.4, -0.2) is 88.4 Å². The molecule has 2 fully saturated rings. The van der Waals surface area contributed by atoms with Crippen molar-refractivity contribution in [2.45, 2.75) is 89.8 Å². The zero-order valence-corrected chi connectivity index (χ0v) is 32.2. The number of fused-ring (bicyclic) bond motifs is 2. The smallest absolute Gasteiger partial charge is 0.263 e. The van der Waals surface area contributed by atoms with E-state index < -0.39 is 11.0 Å². The minimum absolute atomic E-state index is 0.0221. The normalized spacial score (nSPS) is 33.3. The summed E-state index contributed by atoms with van der Waals surface area (Å²) in [7, 11) is -1.53. The average molecular weight is 725 g/mol. The van der Waals surface area contributed by atoms with Crippen molar-refractivity contribution in [2.75, 3.05) is 50.8 Å². The lowest BCUT2D eigenvalue weighted by Crippen LogP contribution is -2.54. The first kappa shape index (κ1) is 37.1. The number of hydrogen-bond donors (Lipinski definition) is 1. The molecule has 1 N–H and O–H groups in total. The molecule has 2 amide bonds. The van der Waals surface area contributed by atoms with Crippen molar-refractivity contribution in [2.24, 2.45) is 29.6 Å². The number of benzene rings is 1. The fourth-order valence-electron chi connectivity index (χ4n) is 8.57. The second kappa shape index (κ2) is 16.4. The Labute approximate surface area is 307 Å². The third-order valence-corrected chi connectivity index (χ3v) is 13.7. The van der Waals surface area contributed by atoms with Gasteiger partial charge in [0, 0.05) is 50.2 Å². The molecule has 10 heteroatoms. The van der Waals surface area contributed by atoms with Gasteiger partial charge in [0.2, 0.25) is 5.91 Å². The number of anilines is 1. The van der Waals surface area contributed by atoms with E-state index in [1.807, 2.05) is 24.0 Å². The lowest BCUT2D eigenvalue weighted by molar-refractivity contribution is -0.138. The van der Waals surface area contributed by atoms with Crippen LogP contribution in [0.1, 0.15) is 83.5 Å². The fourth-order valence-corrected chi connectivity index (χ4v) is 9.85. The summed E-state index contributed by atoms with van der Waals surface area (Å²) in [6.45, 7) is 15.7. The summed E-state index contributed by atoms with van der Waals surface area (Å²) in [6, 6.07) is 5.89. The molecular formula is C40H57ClN4O4S. The Balaban J connectivity index is 1.33. The van der Waals surface area contributed by atoms with Crippen molar-refractivity contribution < 1.29 is 18.5 Å². The van der Waals surface area contributed by atoms with Crippen LogP contribution in [0, 0.1) is 29.6 Å². The summed E-state index contributed by atoms with van der Waals surface area (Å²) >= 11 is 6.61. The number of alkyl halides is 1. The van der Waals surface area contributed by atoms with Crippen LogP contribution in [0.5, 0.6) is 5.75 Å². The van der Waals surface area contributed by atoms with Crippen LogP contribution < -0.4 is 14.4 Å². The van der Waals surface area contributed by atoms with Crippen molar-refractivity contribution in [3.63, 3.8) is 0 Å². The molecule has 0 radical (unpaired) electrons. The molecular weight excluding hydrogens is 668 g/mol. The number of carbonyl (C=O) groups is 2. The molecule has 2 aliphatic carbocycles. The number of nitrogens with zero attached hydrogens (tertiary/aromatic N) is 3.